The van der Waals surface area contributed by atoms with Gasteiger partial charge < -0.3 is 20.0 Å². The number of imidazole rings is 1. The quantitative estimate of drug-likeness (QED) is 0.539. The molecule has 3 aromatic rings. The number of amides is 1. The van der Waals surface area contributed by atoms with Crippen LogP contribution in [0.15, 0.2) is 18.5 Å². The second-order valence-corrected chi connectivity index (χ2v) is 9.26. The van der Waals surface area contributed by atoms with Crippen molar-refractivity contribution in [3.8, 4) is 6.07 Å². The molecule has 31 heavy (non-hydrogen) atoms. The van der Waals surface area contributed by atoms with Crippen LogP contribution in [0.3, 0.4) is 0 Å². The standard InChI is InChI=1S/C23H30N6O2/c1-23(2,31)9-12-25-20(30)13-19-28-18-14-27-22-17(8-11-26-22)21(18)29(19)16-5-3-15(4-6-16)7-10-24/h8,11,14-16,31H,3-7,9,12-13H2,1-2H3,(H,25,30)(H,26,27)/t15-,16+. The number of aromatic amines is 1. The predicted octanol–water partition coefficient (Wildman–Crippen LogP) is 3.38. The predicted molar refractivity (Wildman–Crippen MR) is 118 cm³/mol. The fraction of sp³-hybridized carbons (Fsp3) is 0.565. The van der Waals surface area contributed by atoms with Crippen molar-refractivity contribution in [2.75, 3.05) is 6.54 Å². The summed E-state index contributed by atoms with van der Waals surface area (Å²) in [6, 6.07) is 4.56. The molecule has 8 nitrogen and oxygen atoms in total. The van der Waals surface area contributed by atoms with Crippen LogP contribution in [-0.4, -0.2) is 42.7 Å². The lowest BCUT2D eigenvalue weighted by molar-refractivity contribution is -0.120. The maximum Gasteiger partial charge on any atom is 0.227 e. The van der Waals surface area contributed by atoms with E-state index in [0.717, 1.165) is 53.6 Å². The van der Waals surface area contributed by atoms with Crippen molar-refractivity contribution >= 4 is 28.0 Å². The SMILES string of the molecule is CC(C)(O)CCNC(=O)Cc1nc2cnc3[nH]ccc3c2n1[C@H]1CC[C@@H](CC#N)CC1. The number of fused-ring (bicyclic) bond motifs is 3. The van der Waals surface area contributed by atoms with Crippen LogP contribution in [0.2, 0.25) is 0 Å². The van der Waals surface area contributed by atoms with Gasteiger partial charge in [0.15, 0.2) is 0 Å². The Morgan fingerprint density at radius 3 is 2.87 bits per heavy atom. The number of nitrogens with one attached hydrogen (secondary N) is 2. The fourth-order valence-electron chi connectivity index (χ4n) is 4.61. The smallest absolute Gasteiger partial charge is 0.227 e. The molecule has 0 unspecified atom stereocenters. The van der Waals surface area contributed by atoms with E-state index in [1.807, 2.05) is 12.3 Å². The lowest BCUT2D eigenvalue weighted by Gasteiger charge is -2.30. The molecule has 0 radical (unpaired) electrons. The lowest BCUT2D eigenvalue weighted by Crippen LogP contribution is -2.32. The number of hydrogen-bond acceptors (Lipinski definition) is 5. The zero-order valence-corrected chi connectivity index (χ0v) is 18.2. The van der Waals surface area contributed by atoms with Gasteiger partial charge in [-0.25, -0.2) is 9.97 Å². The number of pyridine rings is 1. The second kappa shape index (κ2) is 8.67. The van der Waals surface area contributed by atoms with Gasteiger partial charge in [-0.05, 0) is 57.9 Å². The summed E-state index contributed by atoms with van der Waals surface area (Å²) in [5, 5.41) is 22.8. The van der Waals surface area contributed by atoms with E-state index in [2.05, 4.69) is 25.9 Å². The molecule has 0 aliphatic heterocycles. The third-order valence-corrected chi connectivity index (χ3v) is 6.25. The van der Waals surface area contributed by atoms with Gasteiger partial charge >= 0.3 is 0 Å². The minimum atomic E-state index is -0.811. The van der Waals surface area contributed by atoms with E-state index < -0.39 is 5.60 Å². The van der Waals surface area contributed by atoms with Crippen molar-refractivity contribution in [3.05, 3.63) is 24.3 Å². The summed E-state index contributed by atoms with van der Waals surface area (Å²) < 4.78 is 2.24. The molecule has 1 saturated carbocycles. The van der Waals surface area contributed by atoms with Crippen molar-refractivity contribution < 1.29 is 9.90 Å². The van der Waals surface area contributed by atoms with Gasteiger partial charge in [-0.1, -0.05) is 0 Å². The van der Waals surface area contributed by atoms with Crippen LogP contribution in [0.25, 0.3) is 22.1 Å². The van der Waals surface area contributed by atoms with Crippen molar-refractivity contribution in [1.29, 1.82) is 5.26 Å². The normalized spacial score (nSPS) is 19.5. The number of nitriles is 1. The van der Waals surface area contributed by atoms with E-state index in [9.17, 15) is 9.90 Å². The van der Waals surface area contributed by atoms with Crippen LogP contribution in [0.4, 0.5) is 0 Å². The zero-order chi connectivity index (χ0) is 22.0. The molecule has 1 aliphatic rings. The topological polar surface area (TPSA) is 120 Å². The summed E-state index contributed by atoms with van der Waals surface area (Å²) >= 11 is 0. The Kier molecular flexibility index (Phi) is 5.96. The minimum Gasteiger partial charge on any atom is -0.390 e. The first kappa shape index (κ1) is 21.3. The number of hydrogen-bond donors (Lipinski definition) is 3. The Hall–Kier alpha value is -2.92. The summed E-state index contributed by atoms with van der Waals surface area (Å²) in [6.45, 7) is 3.89. The summed E-state index contributed by atoms with van der Waals surface area (Å²) in [7, 11) is 0. The molecule has 0 atom stereocenters. The van der Waals surface area contributed by atoms with Gasteiger partial charge in [0.2, 0.25) is 5.91 Å². The molecular weight excluding hydrogens is 392 g/mol. The lowest BCUT2D eigenvalue weighted by atomic mass is 9.84. The highest BCUT2D eigenvalue weighted by Crippen LogP contribution is 2.37. The monoisotopic (exact) mass is 422 g/mol. The molecule has 4 rings (SSSR count). The molecule has 1 aliphatic carbocycles. The molecular formula is C23H30N6O2. The van der Waals surface area contributed by atoms with Gasteiger partial charge in [-0.15, -0.1) is 0 Å². The molecule has 3 N–H and O–H groups in total. The first-order valence-electron chi connectivity index (χ1n) is 11.0. The van der Waals surface area contributed by atoms with Gasteiger partial charge in [-0.3, -0.25) is 4.79 Å². The molecule has 0 aromatic carbocycles. The maximum atomic E-state index is 12.7. The summed E-state index contributed by atoms with van der Waals surface area (Å²) in [5.41, 5.74) is 1.82. The van der Waals surface area contributed by atoms with Gasteiger partial charge in [0.25, 0.3) is 0 Å². The van der Waals surface area contributed by atoms with E-state index in [-0.39, 0.29) is 18.4 Å². The van der Waals surface area contributed by atoms with Crippen LogP contribution in [-0.2, 0) is 11.2 Å². The van der Waals surface area contributed by atoms with Crippen molar-refractivity contribution in [1.82, 2.24) is 24.8 Å². The van der Waals surface area contributed by atoms with Crippen LogP contribution < -0.4 is 5.32 Å². The maximum absolute atomic E-state index is 12.7. The van der Waals surface area contributed by atoms with Gasteiger partial charge in [0.05, 0.1) is 29.8 Å². The largest absolute Gasteiger partial charge is 0.390 e. The first-order chi connectivity index (χ1) is 14.9. The number of carbonyl (C=O) groups is 1. The number of nitrogens with zero attached hydrogens (tertiary/aromatic N) is 4. The van der Waals surface area contributed by atoms with Crippen molar-refractivity contribution in [2.24, 2.45) is 5.92 Å². The Balaban J connectivity index is 1.63. The molecule has 1 fully saturated rings. The van der Waals surface area contributed by atoms with E-state index in [4.69, 9.17) is 10.2 Å². The third kappa shape index (κ3) is 4.72. The molecule has 0 saturated heterocycles. The fourth-order valence-corrected chi connectivity index (χ4v) is 4.61. The number of H-pyrrole nitrogens is 1. The first-order valence-corrected chi connectivity index (χ1v) is 11.0. The molecule has 164 valence electrons. The van der Waals surface area contributed by atoms with E-state index in [1.54, 1.807) is 20.0 Å². The van der Waals surface area contributed by atoms with Crippen LogP contribution in [0.5, 0.6) is 0 Å². The number of aromatic nitrogens is 4. The highest BCUT2D eigenvalue weighted by molar-refractivity contribution is 6.01. The Labute approximate surface area is 181 Å². The summed E-state index contributed by atoms with van der Waals surface area (Å²) in [6.07, 6.45) is 8.89. The Morgan fingerprint density at radius 1 is 1.39 bits per heavy atom. The number of rotatable bonds is 7. The molecule has 1 amide bonds. The molecule has 0 bridgehead atoms. The average molecular weight is 423 g/mol. The van der Waals surface area contributed by atoms with Crippen LogP contribution in [0, 0.1) is 17.2 Å². The number of aliphatic hydroxyl groups is 1. The Morgan fingerprint density at radius 2 is 2.16 bits per heavy atom. The van der Waals surface area contributed by atoms with Gasteiger partial charge in [0, 0.05) is 30.6 Å². The highest BCUT2D eigenvalue weighted by Gasteiger charge is 2.27. The van der Waals surface area contributed by atoms with E-state index in [1.165, 1.54) is 0 Å². The molecule has 0 spiro atoms. The summed E-state index contributed by atoms with van der Waals surface area (Å²) in [4.78, 5) is 25.1. The zero-order valence-electron chi connectivity index (χ0n) is 18.2. The highest BCUT2D eigenvalue weighted by atomic mass is 16.3. The van der Waals surface area contributed by atoms with Gasteiger partial charge in [-0.2, -0.15) is 5.26 Å². The van der Waals surface area contributed by atoms with Crippen LogP contribution >= 0.6 is 0 Å². The second-order valence-electron chi connectivity index (χ2n) is 9.26. The average Bonchev–Trinajstić information content (AvgIpc) is 3.31. The summed E-state index contributed by atoms with van der Waals surface area (Å²) in [5.74, 6) is 1.10. The third-order valence-electron chi connectivity index (χ3n) is 6.25. The van der Waals surface area contributed by atoms with Gasteiger partial charge in [0.1, 0.15) is 17.0 Å². The molecule has 3 heterocycles. The van der Waals surface area contributed by atoms with E-state index >= 15 is 0 Å². The van der Waals surface area contributed by atoms with Crippen LogP contribution in [0.1, 0.15) is 64.2 Å². The minimum absolute atomic E-state index is 0.0998. The molecule has 8 heteroatoms. The van der Waals surface area contributed by atoms with Crippen molar-refractivity contribution in [2.45, 2.75) is 70.4 Å². The number of carbonyl (C=O) groups excluding carboxylic acids is 1. The van der Waals surface area contributed by atoms with Crippen molar-refractivity contribution in [3.63, 3.8) is 0 Å². The Bertz CT molecular complexity index is 1110. The molecule has 3 aromatic heterocycles. The van der Waals surface area contributed by atoms with E-state index in [0.29, 0.717) is 25.3 Å².